The molecule has 7 heteroatoms. The van der Waals surface area contributed by atoms with Crippen LogP contribution in [0.3, 0.4) is 0 Å². The lowest BCUT2D eigenvalue weighted by Gasteiger charge is -2.07. The summed E-state index contributed by atoms with van der Waals surface area (Å²) in [6.07, 6.45) is 3.94. The van der Waals surface area contributed by atoms with Gasteiger partial charge in [0, 0.05) is 19.2 Å². The Morgan fingerprint density at radius 3 is 2.45 bits per heavy atom. The van der Waals surface area contributed by atoms with E-state index in [1.807, 2.05) is 0 Å². The van der Waals surface area contributed by atoms with Crippen LogP contribution in [0.2, 0.25) is 0 Å². The highest BCUT2D eigenvalue weighted by atomic mass is 32.2. The topological polar surface area (TPSA) is 98.5 Å². The molecule has 1 amide bonds. The fourth-order valence-corrected chi connectivity index (χ4v) is 2.41. The number of hydrogen-bond acceptors (Lipinski definition) is 5. The Morgan fingerprint density at radius 2 is 1.86 bits per heavy atom. The van der Waals surface area contributed by atoms with Crippen molar-refractivity contribution in [2.45, 2.75) is 30.6 Å². The second-order valence-electron chi connectivity index (χ2n) is 5.04. The molecular formula is C15H24N2O4S. The molecule has 0 aliphatic carbocycles. The van der Waals surface area contributed by atoms with Crippen LogP contribution in [0, 0.1) is 0 Å². The number of unbranched alkanes of at least 4 members (excludes halogenated alkanes) is 1. The summed E-state index contributed by atoms with van der Waals surface area (Å²) in [7, 11) is -3.18. The molecule has 0 aliphatic rings. The molecule has 6 nitrogen and oxygen atoms in total. The predicted molar refractivity (Wildman–Crippen MR) is 85.6 cm³/mol. The van der Waals surface area contributed by atoms with Gasteiger partial charge in [0.1, 0.15) is 5.75 Å². The number of amides is 1. The Morgan fingerprint density at radius 1 is 1.18 bits per heavy atom. The second-order valence-corrected chi connectivity index (χ2v) is 7.06. The maximum Gasteiger partial charge on any atom is 0.219 e. The Labute approximate surface area is 132 Å². The van der Waals surface area contributed by atoms with E-state index in [4.69, 9.17) is 10.5 Å². The van der Waals surface area contributed by atoms with E-state index in [1.54, 1.807) is 12.1 Å². The molecule has 1 aromatic rings. The third-order valence-electron chi connectivity index (χ3n) is 3.02. The van der Waals surface area contributed by atoms with Crippen molar-refractivity contribution in [2.24, 2.45) is 5.73 Å². The highest BCUT2D eigenvalue weighted by molar-refractivity contribution is 7.90. The van der Waals surface area contributed by atoms with Crippen molar-refractivity contribution in [3.8, 4) is 5.75 Å². The van der Waals surface area contributed by atoms with Gasteiger partial charge in [-0.05, 0) is 50.1 Å². The molecule has 0 heterocycles. The van der Waals surface area contributed by atoms with E-state index in [1.165, 1.54) is 18.4 Å². The first kappa shape index (κ1) is 18.4. The molecular weight excluding hydrogens is 304 g/mol. The lowest BCUT2D eigenvalue weighted by Crippen LogP contribution is -2.25. The van der Waals surface area contributed by atoms with Gasteiger partial charge < -0.3 is 15.8 Å². The number of ether oxygens (including phenoxy) is 1. The summed E-state index contributed by atoms with van der Waals surface area (Å²) in [6, 6.07) is 6.32. The standard InChI is InChI=1S/C15H24N2O4S/c1-22(19,20)14-8-6-13(7-9-14)21-12-3-2-5-15(18)17-11-4-10-16/h6-9H,2-5,10-12,16H2,1H3,(H,17,18). The highest BCUT2D eigenvalue weighted by Crippen LogP contribution is 2.16. The first-order chi connectivity index (χ1) is 10.4. The summed E-state index contributed by atoms with van der Waals surface area (Å²) in [5, 5.41) is 2.80. The maximum absolute atomic E-state index is 11.4. The maximum atomic E-state index is 11.4. The Kier molecular flexibility index (Phi) is 7.90. The van der Waals surface area contributed by atoms with Gasteiger partial charge in [-0.3, -0.25) is 4.79 Å². The molecule has 0 fully saturated rings. The quantitative estimate of drug-likeness (QED) is 0.627. The first-order valence-corrected chi connectivity index (χ1v) is 9.22. The van der Waals surface area contributed by atoms with Gasteiger partial charge in [0.05, 0.1) is 11.5 Å². The van der Waals surface area contributed by atoms with Crippen LogP contribution < -0.4 is 15.8 Å². The van der Waals surface area contributed by atoms with Gasteiger partial charge in [-0.2, -0.15) is 0 Å². The summed E-state index contributed by atoms with van der Waals surface area (Å²) in [5.41, 5.74) is 5.34. The molecule has 0 spiro atoms. The van der Waals surface area contributed by atoms with Crippen LogP contribution in [0.5, 0.6) is 5.75 Å². The van der Waals surface area contributed by atoms with Gasteiger partial charge in [0.25, 0.3) is 0 Å². The summed E-state index contributed by atoms with van der Waals surface area (Å²) >= 11 is 0. The smallest absolute Gasteiger partial charge is 0.219 e. The number of carbonyl (C=O) groups is 1. The second kappa shape index (κ2) is 9.42. The minimum Gasteiger partial charge on any atom is -0.494 e. The molecule has 1 rings (SSSR count). The molecule has 0 atom stereocenters. The molecule has 0 unspecified atom stereocenters. The van der Waals surface area contributed by atoms with Crippen LogP contribution in [0.4, 0.5) is 0 Å². The number of hydrogen-bond donors (Lipinski definition) is 2. The fourth-order valence-electron chi connectivity index (χ4n) is 1.78. The normalized spacial score (nSPS) is 11.2. The molecule has 3 N–H and O–H groups in total. The Hall–Kier alpha value is -1.60. The third kappa shape index (κ3) is 7.42. The summed E-state index contributed by atoms with van der Waals surface area (Å²) in [6.45, 7) is 1.69. The van der Waals surface area contributed by atoms with Gasteiger partial charge in [0.15, 0.2) is 9.84 Å². The van der Waals surface area contributed by atoms with Gasteiger partial charge in [-0.15, -0.1) is 0 Å². The van der Waals surface area contributed by atoms with Crippen LogP contribution in [0.15, 0.2) is 29.2 Å². The Bertz CT molecular complexity index is 555. The SMILES string of the molecule is CS(=O)(=O)c1ccc(OCCCCC(=O)NCCCN)cc1. The van der Waals surface area contributed by atoms with E-state index in [9.17, 15) is 13.2 Å². The van der Waals surface area contributed by atoms with Crippen LogP contribution in [0.1, 0.15) is 25.7 Å². The van der Waals surface area contributed by atoms with Crippen molar-refractivity contribution in [2.75, 3.05) is 26.0 Å². The Balaban J connectivity index is 2.18. The van der Waals surface area contributed by atoms with Crippen molar-refractivity contribution < 1.29 is 17.9 Å². The molecule has 0 aromatic heterocycles. The van der Waals surface area contributed by atoms with Crippen LogP contribution in [-0.2, 0) is 14.6 Å². The summed E-state index contributed by atoms with van der Waals surface area (Å²) in [4.78, 5) is 11.7. The molecule has 124 valence electrons. The van der Waals surface area contributed by atoms with E-state index in [-0.39, 0.29) is 10.8 Å². The highest BCUT2D eigenvalue weighted by Gasteiger charge is 2.06. The lowest BCUT2D eigenvalue weighted by atomic mass is 10.2. The molecule has 0 saturated carbocycles. The molecule has 0 saturated heterocycles. The van der Waals surface area contributed by atoms with E-state index >= 15 is 0 Å². The minimum atomic E-state index is -3.18. The van der Waals surface area contributed by atoms with E-state index in [2.05, 4.69) is 5.32 Å². The summed E-state index contributed by atoms with van der Waals surface area (Å²) in [5.74, 6) is 0.658. The molecule has 0 bridgehead atoms. The summed E-state index contributed by atoms with van der Waals surface area (Å²) < 4.78 is 28.1. The van der Waals surface area contributed by atoms with Crippen molar-refractivity contribution in [1.29, 1.82) is 0 Å². The number of nitrogens with one attached hydrogen (secondary N) is 1. The van der Waals surface area contributed by atoms with Crippen molar-refractivity contribution >= 4 is 15.7 Å². The number of sulfone groups is 1. The molecule has 0 aliphatic heterocycles. The van der Waals surface area contributed by atoms with Crippen molar-refractivity contribution in [1.82, 2.24) is 5.32 Å². The molecule has 1 aromatic carbocycles. The lowest BCUT2D eigenvalue weighted by molar-refractivity contribution is -0.121. The zero-order chi connectivity index (χ0) is 16.4. The van der Waals surface area contributed by atoms with Gasteiger partial charge in [-0.25, -0.2) is 8.42 Å². The van der Waals surface area contributed by atoms with E-state index in [0.29, 0.717) is 31.9 Å². The van der Waals surface area contributed by atoms with Crippen LogP contribution in [0.25, 0.3) is 0 Å². The van der Waals surface area contributed by atoms with Gasteiger partial charge in [0.2, 0.25) is 5.91 Å². The number of carbonyl (C=O) groups excluding carboxylic acids is 1. The number of benzene rings is 1. The number of nitrogens with two attached hydrogens (primary N) is 1. The minimum absolute atomic E-state index is 0.0333. The van der Waals surface area contributed by atoms with Crippen LogP contribution in [-0.4, -0.2) is 40.3 Å². The largest absolute Gasteiger partial charge is 0.494 e. The molecule has 22 heavy (non-hydrogen) atoms. The van der Waals surface area contributed by atoms with Crippen LogP contribution >= 0.6 is 0 Å². The van der Waals surface area contributed by atoms with E-state index in [0.717, 1.165) is 19.3 Å². The fraction of sp³-hybridized carbons (Fsp3) is 0.533. The zero-order valence-electron chi connectivity index (χ0n) is 12.9. The van der Waals surface area contributed by atoms with Gasteiger partial charge >= 0.3 is 0 Å². The average Bonchev–Trinajstić information content (AvgIpc) is 2.47. The first-order valence-electron chi connectivity index (χ1n) is 7.33. The van der Waals surface area contributed by atoms with Crippen molar-refractivity contribution in [3.05, 3.63) is 24.3 Å². The third-order valence-corrected chi connectivity index (χ3v) is 4.15. The molecule has 0 radical (unpaired) electrons. The monoisotopic (exact) mass is 328 g/mol. The average molecular weight is 328 g/mol. The predicted octanol–water partition coefficient (Wildman–Crippen LogP) is 1.10. The number of rotatable bonds is 10. The zero-order valence-corrected chi connectivity index (χ0v) is 13.7. The van der Waals surface area contributed by atoms with Gasteiger partial charge in [-0.1, -0.05) is 0 Å². The van der Waals surface area contributed by atoms with Crippen molar-refractivity contribution in [3.63, 3.8) is 0 Å². The van der Waals surface area contributed by atoms with E-state index < -0.39 is 9.84 Å².